The molecule has 2 aromatic carbocycles. The van der Waals surface area contributed by atoms with Gasteiger partial charge in [0.05, 0.1) is 22.3 Å². The molecular formula is C22H20ClN3O2. The van der Waals surface area contributed by atoms with E-state index in [1.54, 1.807) is 18.2 Å². The van der Waals surface area contributed by atoms with E-state index >= 15 is 0 Å². The van der Waals surface area contributed by atoms with Crippen molar-refractivity contribution in [2.45, 2.75) is 32.2 Å². The zero-order valence-electron chi connectivity index (χ0n) is 15.4. The normalized spacial score (nSPS) is 15.7. The molecule has 4 rings (SSSR count). The molecule has 0 aliphatic heterocycles. The first-order valence-electron chi connectivity index (χ1n) is 9.24. The molecule has 6 heteroatoms. The molecule has 0 saturated heterocycles. The summed E-state index contributed by atoms with van der Waals surface area (Å²) in [5.74, 6) is 0.293. The molecule has 1 atom stereocenters. The molecule has 1 heterocycles. The van der Waals surface area contributed by atoms with Crippen LogP contribution in [0.25, 0.3) is 11.3 Å². The molecule has 0 radical (unpaired) electrons. The molecule has 1 aromatic heterocycles. The zero-order valence-corrected chi connectivity index (χ0v) is 16.2. The average Bonchev–Trinajstić information content (AvgIpc) is 2.68. The number of hydrogen-bond acceptors (Lipinski definition) is 4. The van der Waals surface area contributed by atoms with Gasteiger partial charge in [-0.2, -0.15) is 0 Å². The number of fused-ring (bicyclic) bond motifs is 1. The summed E-state index contributed by atoms with van der Waals surface area (Å²) < 4.78 is 0. The molecule has 0 saturated carbocycles. The molecule has 0 amide bonds. The number of nitrogens with one attached hydrogen (secondary N) is 1. The van der Waals surface area contributed by atoms with Crippen LogP contribution in [0, 0.1) is 6.92 Å². The monoisotopic (exact) mass is 393 g/mol. The van der Waals surface area contributed by atoms with Crippen molar-refractivity contribution in [2.75, 3.05) is 5.32 Å². The van der Waals surface area contributed by atoms with Gasteiger partial charge in [0.1, 0.15) is 11.6 Å². The van der Waals surface area contributed by atoms with Gasteiger partial charge >= 0.3 is 5.97 Å². The van der Waals surface area contributed by atoms with Gasteiger partial charge in [-0.15, -0.1) is 0 Å². The van der Waals surface area contributed by atoms with Gasteiger partial charge in [-0.3, -0.25) is 0 Å². The maximum atomic E-state index is 11.4. The predicted molar refractivity (Wildman–Crippen MR) is 110 cm³/mol. The number of carboxylic acids is 1. The zero-order chi connectivity index (χ0) is 19.7. The number of rotatable bonds is 4. The van der Waals surface area contributed by atoms with E-state index < -0.39 is 5.97 Å². The fourth-order valence-corrected chi connectivity index (χ4v) is 3.92. The Bertz CT molecular complexity index is 1050. The van der Waals surface area contributed by atoms with Gasteiger partial charge in [-0.05, 0) is 49.4 Å². The lowest BCUT2D eigenvalue weighted by molar-refractivity contribution is 0.0697. The molecule has 28 heavy (non-hydrogen) atoms. The van der Waals surface area contributed by atoms with Gasteiger partial charge in [0.2, 0.25) is 0 Å². The molecule has 1 aliphatic carbocycles. The van der Waals surface area contributed by atoms with Crippen molar-refractivity contribution < 1.29 is 9.90 Å². The molecule has 142 valence electrons. The molecule has 0 spiro atoms. The first kappa shape index (κ1) is 18.4. The highest BCUT2D eigenvalue weighted by Gasteiger charge is 2.20. The van der Waals surface area contributed by atoms with Gasteiger partial charge in [0.25, 0.3) is 0 Å². The van der Waals surface area contributed by atoms with E-state index in [9.17, 15) is 9.90 Å². The van der Waals surface area contributed by atoms with Crippen molar-refractivity contribution in [3.63, 3.8) is 0 Å². The van der Waals surface area contributed by atoms with Crippen molar-refractivity contribution >= 4 is 23.4 Å². The van der Waals surface area contributed by atoms with Crippen LogP contribution in [-0.2, 0) is 6.42 Å². The number of aromatic carboxylic acids is 1. The van der Waals surface area contributed by atoms with Crippen molar-refractivity contribution in [3.8, 4) is 11.3 Å². The number of aryl methyl sites for hydroxylation is 2. The Hall–Kier alpha value is -2.92. The quantitative estimate of drug-likeness (QED) is 0.629. The summed E-state index contributed by atoms with van der Waals surface area (Å²) in [6, 6.07) is 15.5. The highest BCUT2D eigenvalue weighted by molar-refractivity contribution is 6.33. The molecular weight excluding hydrogens is 374 g/mol. The average molecular weight is 394 g/mol. The number of nitrogens with zero attached hydrogens (tertiary/aromatic N) is 2. The van der Waals surface area contributed by atoms with Crippen LogP contribution in [0.3, 0.4) is 0 Å². The molecule has 0 fully saturated rings. The molecule has 0 unspecified atom stereocenters. The number of anilines is 1. The fourth-order valence-electron chi connectivity index (χ4n) is 3.72. The summed E-state index contributed by atoms with van der Waals surface area (Å²) in [4.78, 5) is 20.4. The Balaban J connectivity index is 1.68. The number of halogens is 1. The van der Waals surface area contributed by atoms with Crippen LogP contribution in [-0.4, -0.2) is 21.0 Å². The highest BCUT2D eigenvalue weighted by Crippen LogP contribution is 2.33. The Kier molecular flexibility index (Phi) is 5.01. The third-order valence-corrected chi connectivity index (χ3v) is 5.35. The minimum absolute atomic E-state index is 0.0612. The van der Waals surface area contributed by atoms with E-state index in [1.807, 2.05) is 13.0 Å². The Morgan fingerprint density at radius 3 is 2.82 bits per heavy atom. The van der Waals surface area contributed by atoms with Crippen LogP contribution in [0.15, 0.2) is 48.5 Å². The standard InChI is InChI=1S/C22H20ClN3O2/c1-13-24-20(15-9-10-18(23)17(11-15)22(27)28)12-21(25-13)26-19-8-4-6-14-5-2-3-7-16(14)19/h2-3,5,7,9-12,19H,4,6,8H2,1H3,(H,27,28)(H,24,25,26)/t19-/m1/s1. The first-order chi connectivity index (χ1) is 13.5. The lowest BCUT2D eigenvalue weighted by atomic mass is 9.88. The molecule has 1 aliphatic rings. The number of benzene rings is 2. The van der Waals surface area contributed by atoms with E-state index in [4.69, 9.17) is 11.6 Å². The van der Waals surface area contributed by atoms with Crippen LogP contribution in [0.5, 0.6) is 0 Å². The number of hydrogen-bond donors (Lipinski definition) is 2. The topological polar surface area (TPSA) is 75.1 Å². The lowest BCUT2D eigenvalue weighted by Gasteiger charge is -2.27. The molecule has 2 N–H and O–H groups in total. The van der Waals surface area contributed by atoms with E-state index in [0.29, 0.717) is 17.1 Å². The predicted octanol–water partition coefficient (Wildman–Crippen LogP) is 5.29. The van der Waals surface area contributed by atoms with Crippen LogP contribution >= 0.6 is 11.6 Å². The minimum Gasteiger partial charge on any atom is -0.478 e. The summed E-state index contributed by atoms with van der Waals surface area (Å²) in [6.45, 7) is 1.83. The van der Waals surface area contributed by atoms with Crippen molar-refractivity contribution in [2.24, 2.45) is 0 Å². The summed E-state index contributed by atoms with van der Waals surface area (Å²) in [7, 11) is 0. The number of carbonyl (C=O) groups is 1. The van der Waals surface area contributed by atoms with Gasteiger partial charge < -0.3 is 10.4 Å². The third kappa shape index (κ3) is 3.71. The second-order valence-corrected chi connectivity index (χ2v) is 7.38. The SMILES string of the molecule is Cc1nc(N[C@@H]2CCCc3ccccc32)cc(-c2ccc(Cl)c(C(=O)O)c2)n1. The Morgan fingerprint density at radius 2 is 2.00 bits per heavy atom. The first-order valence-corrected chi connectivity index (χ1v) is 9.62. The second kappa shape index (κ2) is 7.60. The summed E-state index contributed by atoms with van der Waals surface area (Å²) in [6.07, 6.45) is 3.27. The van der Waals surface area contributed by atoms with E-state index in [-0.39, 0.29) is 16.6 Å². The highest BCUT2D eigenvalue weighted by atomic mass is 35.5. The van der Waals surface area contributed by atoms with Gasteiger partial charge in [0.15, 0.2) is 0 Å². The van der Waals surface area contributed by atoms with Gasteiger partial charge in [-0.25, -0.2) is 14.8 Å². The summed E-state index contributed by atoms with van der Waals surface area (Å²) in [5.41, 5.74) is 4.11. The molecule has 0 bridgehead atoms. The summed E-state index contributed by atoms with van der Waals surface area (Å²) in [5, 5.41) is 13.1. The molecule has 3 aromatic rings. The fraction of sp³-hybridized carbons (Fsp3) is 0.227. The van der Waals surface area contributed by atoms with E-state index in [1.165, 1.54) is 11.1 Å². The van der Waals surface area contributed by atoms with Crippen LogP contribution in [0.4, 0.5) is 5.82 Å². The summed E-state index contributed by atoms with van der Waals surface area (Å²) >= 11 is 5.99. The van der Waals surface area contributed by atoms with Gasteiger partial charge in [0, 0.05) is 11.6 Å². The maximum Gasteiger partial charge on any atom is 0.337 e. The second-order valence-electron chi connectivity index (χ2n) is 6.97. The lowest BCUT2D eigenvalue weighted by Crippen LogP contribution is -2.18. The molecule has 5 nitrogen and oxygen atoms in total. The van der Waals surface area contributed by atoms with Gasteiger partial charge in [-0.1, -0.05) is 41.9 Å². The number of carboxylic acid groups (broad SMARTS) is 1. The Morgan fingerprint density at radius 1 is 1.18 bits per heavy atom. The van der Waals surface area contributed by atoms with Crippen LogP contribution in [0.1, 0.15) is 46.2 Å². The number of aromatic nitrogens is 2. The van der Waals surface area contributed by atoms with Crippen molar-refractivity contribution in [3.05, 3.63) is 76.1 Å². The maximum absolute atomic E-state index is 11.4. The van der Waals surface area contributed by atoms with Crippen molar-refractivity contribution in [1.29, 1.82) is 0 Å². The van der Waals surface area contributed by atoms with Crippen molar-refractivity contribution in [1.82, 2.24) is 9.97 Å². The Labute approximate surface area is 168 Å². The minimum atomic E-state index is -1.06. The third-order valence-electron chi connectivity index (χ3n) is 5.02. The van der Waals surface area contributed by atoms with E-state index in [2.05, 4.69) is 39.6 Å². The van der Waals surface area contributed by atoms with Crippen LogP contribution < -0.4 is 5.32 Å². The smallest absolute Gasteiger partial charge is 0.337 e. The largest absolute Gasteiger partial charge is 0.478 e. The van der Waals surface area contributed by atoms with Crippen LogP contribution in [0.2, 0.25) is 5.02 Å². The van der Waals surface area contributed by atoms with E-state index in [0.717, 1.165) is 25.1 Å².